The Labute approximate surface area is 185 Å². The van der Waals surface area contributed by atoms with Crippen LogP contribution in [0.4, 0.5) is 4.79 Å². The van der Waals surface area contributed by atoms with Crippen molar-refractivity contribution < 1.29 is 14.3 Å². The lowest BCUT2D eigenvalue weighted by Crippen LogP contribution is -2.45. The number of nitrogens with zero attached hydrogens (tertiary/aromatic N) is 2. The fourth-order valence-corrected chi connectivity index (χ4v) is 4.23. The summed E-state index contributed by atoms with van der Waals surface area (Å²) in [6, 6.07) is 3.57. The highest BCUT2D eigenvalue weighted by atomic mass is 127. The number of fused-ring (bicyclic) bond motifs is 1. The van der Waals surface area contributed by atoms with Crippen molar-refractivity contribution in [2.75, 3.05) is 0 Å². The van der Waals surface area contributed by atoms with E-state index >= 15 is 0 Å². The van der Waals surface area contributed by atoms with Crippen LogP contribution in [0.2, 0.25) is 0 Å². The number of imide groups is 1. The number of benzene rings is 1. The van der Waals surface area contributed by atoms with E-state index < -0.39 is 23.0 Å². The summed E-state index contributed by atoms with van der Waals surface area (Å²) in [5.74, 6) is -0.396. The zero-order valence-electron chi connectivity index (χ0n) is 16.6. The first-order valence-corrected chi connectivity index (χ1v) is 10.5. The van der Waals surface area contributed by atoms with Gasteiger partial charge in [-0.05, 0) is 55.5 Å². The van der Waals surface area contributed by atoms with Crippen LogP contribution in [0.1, 0.15) is 47.2 Å². The van der Waals surface area contributed by atoms with Gasteiger partial charge in [0, 0.05) is 18.8 Å². The topological polar surface area (TPSA) is 92.4 Å². The zero-order valence-corrected chi connectivity index (χ0v) is 20.4. The van der Waals surface area contributed by atoms with E-state index in [-0.39, 0.29) is 12.1 Å². The first kappa shape index (κ1) is 22.8. The molecule has 1 N–H and O–H groups in total. The van der Waals surface area contributed by atoms with Crippen LogP contribution in [-0.2, 0) is 16.1 Å². The molecular weight excluding hydrogens is 541 g/mol. The number of aromatic nitrogens is 2. The van der Waals surface area contributed by atoms with Gasteiger partial charge in [0.15, 0.2) is 0 Å². The van der Waals surface area contributed by atoms with Crippen molar-refractivity contribution >= 4 is 61.3 Å². The summed E-state index contributed by atoms with van der Waals surface area (Å²) >= 11 is 5.49. The Morgan fingerprint density at radius 1 is 1.21 bits per heavy atom. The number of carbonyl (C=O) groups is 2. The van der Waals surface area contributed by atoms with E-state index in [0.717, 1.165) is 12.9 Å². The third kappa shape index (κ3) is 5.31. The standard InChI is InChI=1S/C19H23BrIN3O4/c1-18(2,3)16(26)24(17(27)28-19(4,5)6)9-13-11-7-10(20)8-12(21)14(11)15(25)23-22-13/h7-8H,9H2,1-6H3,(H,23,25). The van der Waals surface area contributed by atoms with Gasteiger partial charge in [-0.1, -0.05) is 36.7 Å². The summed E-state index contributed by atoms with van der Waals surface area (Å²) in [6.45, 7) is 10.3. The van der Waals surface area contributed by atoms with Crippen LogP contribution in [0.5, 0.6) is 0 Å². The predicted octanol–water partition coefficient (Wildman–Crippen LogP) is 4.60. The first-order valence-electron chi connectivity index (χ1n) is 8.62. The fourth-order valence-electron chi connectivity index (χ4n) is 2.48. The molecule has 0 fully saturated rings. The second-order valence-electron chi connectivity index (χ2n) is 8.43. The van der Waals surface area contributed by atoms with Crippen LogP contribution < -0.4 is 5.56 Å². The van der Waals surface area contributed by atoms with Gasteiger partial charge in [0.1, 0.15) is 5.60 Å². The van der Waals surface area contributed by atoms with Crippen LogP contribution in [0.3, 0.4) is 0 Å². The molecule has 1 aromatic carbocycles. The van der Waals surface area contributed by atoms with Crippen LogP contribution in [0.15, 0.2) is 21.4 Å². The third-order valence-corrected chi connectivity index (χ3v) is 5.00. The Hall–Kier alpha value is -1.49. The van der Waals surface area contributed by atoms with Gasteiger partial charge in [-0.15, -0.1) is 0 Å². The molecular formula is C19H23BrIN3O4. The van der Waals surface area contributed by atoms with Crippen LogP contribution in [0, 0.1) is 8.99 Å². The maximum atomic E-state index is 12.9. The van der Waals surface area contributed by atoms with E-state index in [1.54, 1.807) is 47.6 Å². The molecule has 2 amide bonds. The summed E-state index contributed by atoms with van der Waals surface area (Å²) in [6.07, 6.45) is -0.752. The fraction of sp³-hybridized carbons (Fsp3) is 0.474. The van der Waals surface area contributed by atoms with Gasteiger partial charge in [0.05, 0.1) is 17.6 Å². The first-order chi connectivity index (χ1) is 12.7. The molecule has 0 unspecified atom stereocenters. The minimum atomic E-state index is -0.802. The van der Waals surface area contributed by atoms with Gasteiger partial charge in [-0.2, -0.15) is 5.10 Å². The van der Waals surface area contributed by atoms with Gasteiger partial charge >= 0.3 is 6.09 Å². The molecule has 0 spiro atoms. The number of amides is 2. The molecule has 0 aliphatic heterocycles. The predicted molar refractivity (Wildman–Crippen MR) is 119 cm³/mol. The summed E-state index contributed by atoms with van der Waals surface area (Å²) in [5, 5.41) is 7.59. The molecule has 1 heterocycles. The molecule has 0 radical (unpaired) electrons. The van der Waals surface area contributed by atoms with E-state index in [4.69, 9.17) is 4.74 Å². The molecule has 28 heavy (non-hydrogen) atoms. The molecule has 2 rings (SSSR count). The van der Waals surface area contributed by atoms with Crippen molar-refractivity contribution in [3.05, 3.63) is 36.2 Å². The SMILES string of the molecule is CC(C)(C)OC(=O)N(Cc1n[nH]c(=O)c2c(I)cc(Br)cc12)C(=O)C(C)(C)C. The lowest BCUT2D eigenvalue weighted by atomic mass is 9.94. The van der Waals surface area contributed by atoms with Crippen molar-refractivity contribution in [3.63, 3.8) is 0 Å². The number of H-pyrrole nitrogens is 1. The molecule has 0 aliphatic rings. The molecule has 9 heteroatoms. The Kier molecular flexibility index (Phi) is 6.59. The number of halogens is 2. The Balaban J connectivity index is 2.59. The lowest BCUT2D eigenvalue weighted by molar-refractivity contribution is -0.139. The number of hydrogen-bond donors (Lipinski definition) is 1. The molecule has 0 atom stereocenters. The largest absolute Gasteiger partial charge is 0.443 e. The van der Waals surface area contributed by atoms with E-state index in [2.05, 4.69) is 48.7 Å². The second kappa shape index (κ2) is 8.10. The number of carbonyl (C=O) groups excluding carboxylic acids is 2. The van der Waals surface area contributed by atoms with Crippen molar-refractivity contribution in [2.24, 2.45) is 5.41 Å². The zero-order chi connectivity index (χ0) is 21.4. The number of aromatic amines is 1. The van der Waals surface area contributed by atoms with Crippen molar-refractivity contribution in [1.82, 2.24) is 15.1 Å². The van der Waals surface area contributed by atoms with Gasteiger partial charge in [0.2, 0.25) is 5.91 Å². The summed E-state index contributed by atoms with van der Waals surface area (Å²) in [7, 11) is 0. The van der Waals surface area contributed by atoms with Gasteiger partial charge in [0.25, 0.3) is 5.56 Å². The van der Waals surface area contributed by atoms with Gasteiger partial charge in [-0.3, -0.25) is 9.59 Å². The number of nitrogens with one attached hydrogen (secondary N) is 1. The highest BCUT2D eigenvalue weighted by Gasteiger charge is 2.35. The van der Waals surface area contributed by atoms with Crippen molar-refractivity contribution in [3.8, 4) is 0 Å². The highest BCUT2D eigenvalue weighted by Crippen LogP contribution is 2.27. The second-order valence-corrected chi connectivity index (χ2v) is 10.5. The molecule has 0 bridgehead atoms. The minimum Gasteiger partial charge on any atom is -0.443 e. The monoisotopic (exact) mass is 563 g/mol. The van der Waals surface area contributed by atoms with Gasteiger partial charge in [-0.25, -0.2) is 14.8 Å². The van der Waals surface area contributed by atoms with E-state index in [0.29, 0.717) is 16.5 Å². The quantitative estimate of drug-likeness (QED) is 0.539. The van der Waals surface area contributed by atoms with Crippen molar-refractivity contribution in [1.29, 1.82) is 0 Å². The maximum Gasteiger partial charge on any atom is 0.417 e. The average Bonchev–Trinajstić information content (AvgIpc) is 2.50. The van der Waals surface area contributed by atoms with E-state index in [9.17, 15) is 14.4 Å². The molecule has 0 aliphatic carbocycles. The molecule has 2 aromatic rings. The van der Waals surface area contributed by atoms with Crippen molar-refractivity contribution in [2.45, 2.75) is 53.7 Å². The van der Waals surface area contributed by atoms with E-state index in [1.165, 1.54) is 0 Å². The van der Waals surface area contributed by atoms with Crippen LogP contribution in [-0.4, -0.2) is 32.7 Å². The number of rotatable bonds is 2. The van der Waals surface area contributed by atoms with Crippen LogP contribution >= 0.6 is 38.5 Å². The summed E-state index contributed by atoms with van der Waals surface area (Å²) in [5.41, 5.74) is -1.49. The average molecular weight is 564 g/mol. The Morgan fingerprint density at radius 3 is 2.36 bits per heavy atom. The molecule has 1 aromatic heterocycles. The van der Waals surface area contributed by atoms with E-state index in [1.807, 2.05) is 6.07 Å². The number of hydrogen-bond acceptors (Lipinski definition) is 5. The van der Waals surface area contributed by atoms with Gasteiger partial charge < -0.3 is 4.74 Å². The molecule has 0 saturated carbocycles. The number of ether oxygens (including phenoxy) is 1. The smallest absolute Gasteiger partial charge is 0.417 e. The van der Waals surface area contributed by atoms with Crippen LogP contribution in [0.25, 0.3) is 10.8 Å². The third-order valence-electron chi connectivity index (χ3n) is 3.69. The maximum absolute atomic E-state index is 12.9. The Bertz CT molecular complexity index is 990. The molecule has 0 saturated heterocycles. The normalized spacial score (nSPS) is 12.1. The highest BCUT2D eigenvalue weighted by molar-refractivity contribution is 14.1. The minimum absolute atomic E-state index is 0.120. The Morgan fingerprint density at radius 2 is 1.82 bits per heavy atom. The lowest BCUT2D eigenvalue weighted by Gasteiger charge is -2.30. The summed E-state index contributed by atoms with van der Waals surface area (Å²) < 4.78 is 6.93. The molecule has 7 nitrogen and oxygen atoms in total. The molecule has 152 valence electrons. The summed E-state index contributed by atoms with van der Waals surface area (Å²) in [4.78, 5) is 39.0.